The molecule has 5 heteroatoms. The minimum atomic E-state index is 0.0126. The van der Waals surface area contributed by atoms with E-state index < -0.39 is 0 Å². The third-order valence-corrected chi connectivity index (χ3v) is 3.86. The largest absolute Gasteiger partial charge is 0.493 e. The van der Waals surface area contributed by atoms with Crippen molar-refractivity contribution in [1.29, 1.82) is 0 Å². The third kappa shape index (κ3) is 4.71. The van der Waals surface area contributed by atoms with Gasteiger partial charge in [-0.1, -0.05) is 18.2 Å². The first-order valence-corrected chi connectivity index (χ1v) is 7.88. The van der Waals surface area contributed by atoms with Crippen LogP contribution in [0, 0.1) is 6.92 Å². The number of likely N-dealkylation sites (N-methyl/N-ethyl adjacent to an activating group) is 1. The zero-order chi connectivity index (χ0) is 15.9. The fourth-order valence-electron chi connectivity index (χ4n) is 2.73. The summed E-state index contributed by atoms with van der Waals surface area (Å²) < 4.78 is 11.4. The molecule has 1 aromatic carbocycles. The third-order valence-electron chi connectivity index (χ3n) is 3.86. The maximum atomic E-state index is 12.1. The van der Waals surface area contributed by atoms with Crippen molar-refractivity contribution in [2.75, 3.05) is 33.4 Å². The second-order valence-electron chi connectivity index (χ2n) is 5.75. The van der Waals surface area contributed by atoms with Crippen LogP contribution in [-0.2, 0) is 9.53 Å². The van der Waals surface area contributed by atoms with Crippen LogP contribution in [0.15, 0.2) is 24.3 Å². The number of ether oxygens (including phenoxy) is 2. The van der Waals surface area contributed by atoms with Crippen LogP contribution in [0.25, 0.3) is 0 Å². The highest BCUT2D eigenvalue weighted by Gasteiger charge is 2.32. The number of aryl methyl sites for hydroxylation is 1. The highest BCUT2D eigenvalue weighted by Crippen LogP contribution is 2.16. The lowest BCUT2D eigenvalue weighted by molar-refractivity contribution is -0.123. The SMILES string of the molecule is CCO[C@H]1CN(C)C[C@@H]1NC(=O)CCOc1ccccc1C. The van der Waals surface area contributed by atoms with Gasteiger partial charge in [0, 0.05) is 19.7 Å². The Labute approximate surface area is 132 Å². The molecule has 1 heterocycles. The summed E-state index contributed by atoms with van der Waals surface area (Å²) in [5, 5.41) is 3.06. The average Bonchev–Trinajstić information content (AvgIpc) is 2.81. The van der Waals surface area contributed by atoms with Gasteiger partial charge in [0.1, 0.15) is 5.75 Å². The summed E-state index contributed by atoms with van der Waals surface area (Å²) in [6, 6.07) is 7.89. The molecule has 0 unspecified atom stereocenters. The van der Waals surface area contributed by atoms with Crippen LogP contribution < -0.4 is 10.1 Å². The number of likely N-dealkylation sites (tertiary alicyclic amines) is 1. The lowest BCUT2D eigenvalue weighted by Gasteiger charge is -2.19. The highest BCUT2D eigenvalue weighted by atomic mass is 16.5. The summed E-state index contributed by atoms with van der Waals surface area (Å²) in [5.41, 5.74) is 1.08. The number of benzene rings is 1. The van der Waals surface area contributed by atoms with E-state index in [0.717, 1.165) is 24.4 Å². The molecule has 1 N–H and O–H groups in total. The number of nitrogens with one attached hydrogen (secondary N) is 1. The molecule has 1 saturated heterocycles. The van der Waals surface area contributed by atoms with Crippen LogP contribution >= 0.6 is 0 Å². The Morgan fingerprint density at radius 2 is 2.14 bits per heavy atom. The van der Waals surface area contributed by atoms with Crippen LogP contribution in [0.2, 0.25) is 0 Å². The first-order chi connectivity index (χ1) is 10.6. The molecule has 0 radical (unpaired) electrons. The van der Waals surface area contributed by atoms with Gasteiger partial charge in [-0.3, -0.25) is 4.79 Å². The van der Waals surface area contributed by atoms with E-state index in [9.17, 15) is 4.79 Å². The second kappa shape index (κ2) is 8.15. The Balaban J connectivity index is 1.74. The van der Waals surface area contributed by atoms with Crippen LogP contribution in [0.3, 0.4) is 0 Å². The van der Waals surface area contributed by atoms with Crippen LogP contribution in [0.5, 0.6) is 5.75 Å². The number of carbonyl (C=O) groups excluding carboxylic acids is 1. The molecule has 1 aliphatic rings. The van der Waals surface area contributed by atoms with Gasteiger partial charge >= 0.3 is 0 Å². The van der Waals surface area contributed by atoms with E-state index in [4.69, 9.17) is 9.47 Å². The van der Waals surface area contributed by atoms with Gasteiger partial charge in [0.05, 0.1) is 25.2 Å². The summed E-state index contributed by atoms with van der Waals surface area (Å²) in [6.45, 7) is 6.72. The fourth-order valence-corrected chi connectivity index (χ4v) is 2.73. The van der Waals surface area contributed by atoms with Gasteiger partial charge in [-0.25, -0.2) is 0 Å². The minimum absolute atomic E-state index is 0.0126. The van der Waals surface area contributed by atoms with Gasteiger partial charge in [0.15, 0.2) is 0 Å². The van der Waals surface area contributed by atoms with E-state index in [-0.39, 0.29) is 18.1 Å². The number of hydrogen-bond acceptors (Lipinski definition) is 4. The fraction of sp³-hybridized carbons (Fsp3) is 0.588. The van der Waals surface area contributed by atoms with Crippen molar-refractivity contribution in [1.82, 2.24) is 10.2 Å². The van der Waals surface area contributed by atoms with Crippen molar-refractivity contribution in [3.63, 3.8) is 0 Å². The van der Waals surface area contributed by atoms with E-state index in [1.54, 1.807) is 0 Å². The number of nitrogens with zero attached hydrogens (tertiary/aromatic N) is 1. The molecule has 5 nitrogen and oxygen atoms in total. The Kier molecular flexibility index (Phi) is 6.21. The summed E-state index contributed by atoms with van der Waals surface area (Å²) >= 11 is 0. The molecule has 0 bridgehead atoms. The van der Waals surface area contributed by atoms with Gasteiger partial charge in [0.2, 0.25) is 5.91 Å². The topological polar surface area (TPSA) is 50.8 Å². The molecule has 0 aliphatic carbocycles. The van der Waals surface area contributed by atoms with Crippen molar-refractivity contribution < 1.29 is 14.3 Å². The molecule has 2 rings (SSSR count). The molecular formula is C17H26N2O3. The first kappa shape index (κ1) is 16.8. The molecule has 22 heavy (non-hydrogen) atoms. The zero-order valence-corrected chi connectivity index (χ0v) is 13.7. The van der Waals surface area contributed by atoms with Crippen molar-refractivity contribution in [2.45, 2.75) is 32.4 Å². The predicted molar refractivity (Wildman–Crippen MR) is 86.1 cm³/mol. The molecule has 1 amide bonds. The smallest absolute Gasteiger partial charge is 0.223 e. The van der Waals surface area contributed by atoms with Gasteiger partial charge in [-0.2, -0.15) is 0 Å². The molecule has 2 atom stereocenters. The van der Waals surface area contributed by atoms with E-state index >= 15 is 0 Å². The number of para-hydroxylation sites is 1. The zero-order valence-electron chi connectivity index (χ0n) is 13.7. The van der Waals surface area contributed by atoms with Crippen LogP contribution in [0.1, 0.15) is 18.9 Å². The number of hydrogen-bond donors (Lipinski definition) is 1. The van der Waals surface area contributed by atoms with Crippen molar-refractivity contribution in [2.24, 2.45) is 0 Å². The Morgan fingerprint density at radius 3 is 2.86 bits per heavy atom. The van der Waals surface area contributed by atoms with Gasteiger partial charge in [-0.05, 0) is 32.5 Å². The Hall–Kier alpha value is -1.59. The van der Waals surface area contributed by atoms with Crippen LogP contribution in [0.4, 0.5) is 0 Å². The van der Waals surface area contributed by atoms with Crippen molar-refractivity contribution in [3.05, 3.63) is 29.8 Å². The molecule has 122 valence electrons. The maximum Gasteiger partial charge on any atom is 0.223 e. The molecule has 1 fully saturated rings. The Bertz CT molecular complexity index is 493. The molecule has 1 aliphatic heterocycles. The maximum absolute atomic E-state index is 12.1. The monoisotopic (exact) mass is 306 g/mol. The highest BCUT2D eigenvalue weighted by molar-refractivity contribution is 5.76. The van der Waals surface area contributed by atoms with Crippen LogP contribution in [-0.4, -0.2) is 56.3 Å². The van der Waals surface area contributed by atoms with Gasteiger partial charge < -0.3 is 19.7 Å². The molecule has 0 aromatic heterocycles. The van der Waals surface area contributed by atoms with Crippen molar-refractivity contribution in [3.8, 4) is 5.75 Å². The normalized spacial score (nSPS) is 21.8. The van der Waals surface area contributed by atoms with Gasteiger partial charge in [-0.15, -0.1) is 0 Å². The summed E-state index contributed by atoms with van der Waals surface area (Å²) in [6.07, 6.45) is 0.434. The van der Waals surface area contributed by atoms with E-state index in [1.165, 1.54) is 0 Å². The quantitative estimate of drug-likeness (QED) is 0.831. The van der Waals surface area contributed by atoms with E-state index in [2.05, 4.69) is 10.2 Å². The summed E-state index contributed by atoms with van der Waals surface area (Å²) in [5.74, 6) is 0.849. The standard InChI is InChI=1S/C17H26N2O3/c1-4-21-16-12-19(3)11-14(16)18-17(20)9-10-22-15-8-6-5-7-13(15)2/h5-8,14,16H,4,9-12H2,1-3H3,(H,18,20)/t14-,16-/m0/s1. The summed E-state index contributed by atoms with van der Waals surface area (Å²) in [7, 11) is 2.04. The lowest BCUT2D eigenvalue weighted by atomic mass is 10.2. The lowest BCUT2D eigenvalue weighted by Crippen LogP contribution is -2.44. The second-order valence-corrected chi connectivity index (χ2v) is 5.75. The summed E-state index contributed by atoms with van der Waals surface area (Å²) in [4.78, 5) is 14.2. The van der Waals surface area contributed by atoms with Crippen molar-refractivity contribution >= 4 is 5.91 Å². The van der Waals surface area contributed by atoms with E-state index in [1.807, 2.05) is 45.2 Å². The number of rotatable bonds is 7. The number of carbonyl (C=O) groups is 1. The van der Waals surface area contributed by atoms with E-state index in [0.29, 0.717) is 19.6 Å². The first-order valence-electron chi connectivity index (χ1n) is 7.88. The minimum Gasteiger partial charge on any atom is -0.493 e. The average molecular weight is 306 g/mol. The molecule has 0 spiro atoms. The number of amides is 1. The van der Waals surface area contributed by atoms with Gasteiger partial charge in [0.25, 0.3) is 0 Å². The molecule has 1 aromatic rings. The molecular weight excluding hydrogens is 280 g/mol. The predicted octanol–water partition coefficient (Wildman–Crippen LogP) is 1.60. The molecule has 0 saturated carbocycles. The Morgan fingerprint density at radius 1 is 1.36 bits per heavy atom.